The number of carbonyl (C=O) groups excluding carboxylic acids is 3. The highest BCUT2D eigenvalue weighted by atomic mass is 35.5. The van der Waals surface area contributed by atoms with Gasteiger partial charge in [-0.05, 0) is 43.9 Å². The minimum absolute atomic E-state index is 0.0346. The summed E-state index contributed by atoms with van der Waals surface area (Å²) in [4.78, 5) is 37.6. The predicted molar refractivity (Wildman–Crippen MR) is 92.8 cm³/mol. The van der Waals surface area contributed by atoms with Crippen molar-refractivity contribution in [3.63, 3.8) is 0 Å². The number of rotatable bonds is 6. The van der Waals surface area contributed by atoms with Crippen LogP contribution >= 0.6 is 11.6 Å². The van der Waals surface area contributed by atoms with E-state index < -0.39 is 35.7 Å². The van der Waals surface area contributed by atoms with E-state index in [0.717, 1.165) is 23.5 Å². The SMILES string of the molecule is CC(C)CCC1(C)NC(=O)N(CC(=O)Nc2ccc(F)cc2Cl)C1=O. The molecule has 0 aromatic heterocycles. The molecule has 1 saturated heterocycles. The molecule has 1 unspecified atom stereocenters. The molecule has 1 aliphatic heterocycles. The number of benzene rings is 1. The fraction of sp³-hybridized carbons (Fsp3) is 0.471. The van der Waals surface area contributed by atoms with E-state index in [1.165, 1.54) is 6.07 Å². The Morgan fingerprint density at radius 1 is 1.40 bits per heavy atom. The zero-order chi connectivity index (χ0) is 18.8. The largest absolute Gasteiger partial charge is 0.325 e. The Labute approximate surface area is 150 Å². The van der Waals surface area contributed by atoms with Crippen LogP contribution in [0.25, 0.3) is 0 Å². The Kier molecular flexibility index (Phi) is 5.67. The highest BCUT2D eigenvalue weighted by molar-refractivity contribution is 6.33. The lowest BCUT2D eigenvalue weighted by atomic mass is 9.92. The van der Waals surface area contributed by atoms with Crippen LogP contribution in [0.1, 0.15) is 33.6 Å². The van der Waals surface area contributed by atoms with Crippen molar-refractivity contribution in [2.75, 3.05) is 11.9 Å². The molecule has 2 rings (SSSR count). The first-order chi connectivity index (χ1) is 11.6. The second kappa shape index (κ2) is 7.39. The van der Waals surface area contributed by atoms with Crippen molar-refractivity contribution in [2.45, 2.75) is 39.2 Å². The summed E-state index contributed by atoms with van der Waals surface area (Å²) >= 11 is 5.85. The number of imide groups is 1. The number of anilines is 1. The standard InChI is InChI=1S/C17H21ClFN3O3/c1-10(2)6-7-17(3)15(24)22(16(25)21-17)9-14(23)20-13-5-4-11(19)8-12(13)18/h4-5,8,10H,6-7,9H2,1-3H3,(H,20,23)(H,21,25). The zero-order valence-corrected chi connectivity index (χ0v) is 15.1. The van der Waals surface area contributed by atoms with E-state index in [0.29, 0.717) is 12.3 Å². The van der Waals surface area contributed by atoms with Crippen LogP contribution in [0, 0.1) is 11.7 Å². The van der Waals surface area contributed by atoms with Gasteiger partial charge in [0.15, 0.2) is 0 Å². The third-order valence-corrected chi connectivity index (χ3v) is 4.39. The maximum absolute atomic E-state index is 13.0. The molecule has 25 heavy (non-hydrogen) atoms. The highest BCUT2D eigenvalue weighted by Gasteiger charge is 2.47. The summed E-state index contributed by atoms with van der Waals surface area (Å²) in [5, 5.41) is 5.16. The molecule has 0 saturated carbocycles. The summed E-state index contributed by atoms with van der Waals surface area (Å²) in [5.74, 6) is -1.17. The molecular formula is C17H21ClFN3O3. The normalized spacial score (nSPS) is 20.2. The van der Waals surface area contributed by atoms with Gasteiger partial charge < -0.3 is 10.6 Å². The smallest absolute Gasteiger partial charge is 0.323 e. The molecule has 1 aromatic carbocycles. The zero-order valence-electron chi connectivity index (χ0n) is 14.4. The fourth-order valence-corrected chi connectivity index (χ4v) is 2.78. The van der Waals surface area contributed by atoms with Crippen molar-refractivity contribution >= 4 is 35.1 Å². The van der Waals surface area contributed by atoms with Crippen molar-refractivity contribution in [3.8, 4) is 0 Å². The molecule has 136 valence electrons. The molecule has 8 heteroatoms. The van der Waals surface area contributed by atoms with Gasteiger partial charge in [0, 0.05) is 0 Å². The Balaban J connectivity index is 2.03. The van der Waals surface area contributed by atoms with Gasteiger partial charge in [-0.25, -0.2) is 9.18 Å². The van der Waals surface area contributed by atoms with E-state index >= 15 is 0 Å². The average molecular weight is 370 g/mol. The summed E-state index contributed by atoms with van der Waals surface area (Å²) in [6.07, 6.45) is 1.27. The van der Waals surface area contributed by atoms with Gasteiger partial charge in [0.2, 0.25) is 5.91 Å². The Morgan fingerprint density at radius 3 is 2.68 bits per heavy atom. The first kappa shape index (κ1) is 19.2. The molecule has 0 aliphatic carbocycles. The number of halogens is 2. The molecule has 1 atom stereocenters. The Morgan fingerprint density at radius 2 is 2.08 bits per heavy atom. The van der Waals surface area contributed by atoms with Crippen molar-refractivity contribution in [2.24, 2.45) is 5.92 Å². The molecule has 1 aromatic rings. The molecule has 4 amide bonds. The molecule has 1 heterocycles. The van der Waals surface area contributed by atoms with Crippen LogP contribution in [0.15, 0.2) is 18.2 Å². The van der Waals surface area contributed by atoms with Gasteiger partial charge in [-0.2, -0.15) is 0 Å². The van der Waals surface area contributed by atoms with Gasteiger partial charge in [0.25, 0.3) is 5.91 Å². The van der Waals surface area contributed by atoms with Crippen LogP contribution in [0.5, 0.6) is 0 Å². The summed E-state index contributed by atoms with van der Waals surface area (Å²) < 4.78 is 13.0. The third-order valence-electron chi connectivity index (χ3n) is 4.07. The molecule has 2 N–H and O–H groups in total. The number of nitrogens with one attached hydrogen (secondary N) is 2. The molecule has 0 bridgehead atoms. The van der Waals surface area contributed by atoms with E-state index in [4.69, 9.17) is 11.6 Å². The number of urea groups is 1. The number of carbonyl (C=O) groups is 3. The average Bonchev–Trinajstić information content (AvgIpc) is 2.72. The van der Waals surface area contributed by atoms with E-state index in [1.54, 1.807) is 6.92 Å². The Bertz CT molecular complexity index is 710. The summed E-state index contributed by atoms with van der Waals surface area (Å²) in [6, 6.07) is 2.93. The molecule has 1 fully saturated rings. The fourth-order valence-electron chi connectivity index (χ4n) is 2.56. The quantitative estimate of drug-likeness (QED) is 0.756. The number of hydrogen-bond acceptors (Lipinski definition) is 3. The molecule has 0 radical (unpaired) electrons. The van der Waals surface area contributed by atoms with Crippen LogP contribution < -0.4 is 10.6 Å². The van der Waals surface area contributed by atoms with Crippen LogP contribution in [0.3, 0.4) is 0 Å². The minimum atomic E-state index is -1.00. The van der Waals surface area contributed by atoms with E-state index in [2.05, 4.69) is 10.6 Å². The maximum atomic E-state index is 13.0. The monoisotopic (exact) mass is 369 g/mol. The van der Waals surface area contributed by atoms with Gasteiger partial charge >= 0.3 is 6.03 Å². The maximum Gasteiger partial charge on any atom is 0.325 e. The molecular weight excluding hydrogens is 349 g/mol. The molecule has 6 nitrogen and oxygen atoms in total. The summed E-state index contributed by atoms with van der Waals surface area (Å²) in [5.41, 5.74) is -0.794. The van der Waals surface area contributed by atoms with Gasteiger partial charge in [0.1, 0.15) is 17.9 Å². The van der Waals surface area contributed by atoms with Crippen LogP contribution in [0.4, 0.5) is 14.9 Å². The first-order valence-electron chi connectivity index (χ1n) is 8.01. The van der Waals surface area contributed by atoms with E-state index in [9.17, 15) is 18.8 Å². The van der Waals surface area contributed by atoms with Crippen LogP contribution in [-0.4, -0.2) is 34.8 Å². The summed E-state index contributed by atoms with van der Waals surface area (Å²) in [7, 11) is 0. The second-order valence-electron chi connectivity index (χ2n) is 6.76. The predicted octanol–water partition coefficient (Wildman–Crippen LogP) is 3.16. The van der Waals surface area contributed by atoms with Crippen molar-refractivity contribution in [3.05, 3.63) is 29.0 Å². The van der Waals surface area contributed by atoms with Gasteiger partial charge in [-0.15, -0.1) is 0 Å². The van der Waals surface area contributed by atoms with Crippen molar-refractivity contribution in [1.82, 2.24) is 10.2 Å². The number of nitrogens with zero attached hydrogens (tertiary/aromatic N) is 1. The minimum Gasteiger partial charge on any atom is -0.323 e. The van der Waals surface area contributed by atoms with E-state index in [-0.39, 0.29) is 10.7 Å². The molecule has 1 aliphatic rings. The van der Waals surface area contributed by atoms with E-state index in [1.807, 2.05) is 13.8 Å². The van der Waals surface area contributed by atoms with Crippen molar-refractivity contribution < 1.29 is 18.8 Å². The number of amides is 4. The second-order valence-corrected chi connectivity index (χ2v) is 7.17. The number of hydrogen-bond donors (Lipinski definition) is 2. The molecule has 0 spiro atoms. The van der Waals surface area contributed by atoms with Crippen LogP contribution in [-0.2, 0) is 9.59 Å². The van der Waals surface area contributed by atoms with Crippen LogP contribution in [0.2, 0.25) is 5.02 Å². The van der Waals surface area contributed by atoms with Gasteiger partial charge in [0.05, 0.1) is 10.7 Å². The first-order valence-corrected chi connectivity index (χ1v) is 8.39. The Hall–Kier alpha value is -2.15. The lowest BCUT2D eigenvalue weighted by Crippen LogP contribution is -2.44. The summed E-state index contributed by atoms with van der Waals surface area (Å²) in [6.45, 7) is 5.28. The topological polar surface area (TPSA) is 78.5 Å². The lowest BCUT2D eigenvalue weighted by Gasteiger charge is -2.22. The lowest BCUT2D eigenvalue weighted by molar-refractivity contribution is -0.133. The van der Waals surface area contributed by atoms with Gasteiger partial charge in [-0.1, -0.05) is 25.4 Å². The third kappa shape index (κ3) is 4.48. The van der Waals surface area contributed by atoms with Crippen molar-refractivity contribution in [1.29, 1.82) is 0 Å². The highest BCUT2D eigenvalue weighted by Crippen LogP contribution is 2.25. The van der Waals surface area contributed by atoms with Gasteiger partial charge in [-0.3, -0.25) is 14.5 Å².